The fraction of sp³-hybridized carbons (Fsp3) is 0.0588. The van der Waals surface area contributed by atoms with Gasteiger partial charge in [-0.3, -0.25) is 9.97 Å². The number of aromatic nitrogens is 2. The first-order valence-electron chi connectivity index (χ1n) is 6.51. The minimum atomic E-state index is 0.952. The lowest BCUT2D eigenvalue weighted by atomic mass is 10.00. The molecule has 0 N–H and O–H groups in total. The predicted octanol–water partition coefficient (Wildman–Crippen LogP) is 4.82. The summed E-state index contributed by atoms with van der Waals surface area (Å²) in [7, 11) is 0. The van der Waals surface area contributed by atoms with E-state index in [0.717, 1.165) is 11.0 Å². The molecule has 0 saturated heterocycles. The zero-order valence-corrected chi connectivity index (χ0v) is 11.8. The number of nitrogens with zero attached hydrogens (tertiary/aromatic N) is 2. The van der Waals surface area contributed by atoms with Crippen LogP contribution in [0, 0.1) is 6.92 Å². The van der Waals surface area contributed by atoms with E-state index in [0.29, 0.717) is 0 Å². The lowest BCUT2D eigenvalue weighted by molar-refractivity contribution is 1.37. The second-order valence-electron chi connectivity index (χ2n) is 4.83. The number of fused-ring (bicyclic) bond motifs is 3. The molecule has 20 heavy (non-hydrogen) atoms. The summed E-state index contributed by atoms with van der Waals surface area (Å²) in [6.07, 6.45) is 3.79. The monoisotopic (exact) mass is 276 g/mol. The van der Waals surface area contributed by atoms with Crippen LogP contribution in [0.4, 0.5) is 0 Å². The van der Waals surface area contributed by atoms with Gasteiger partial charge in [-0.1, -0.05) is 24.3 Å². The van der Waals surface area contributed by atoms with Gasteiger partial charge in [0.25, 0.3) is 0 Å². The Labute approximate surface area is 120 Å². The molecular formula is C17H12N2S. The molecule has 3 aromatic heterocycles. The second-order valence-corrected chi connectivity index (χ2v) is 5.74. The van der Waals surface area contributed by atoms with Crippen LogP contribution in [0.3, 0.4) is 0 Å². The van der Waals surface area contributed by atoms with Crippen molar-refractivity contribution in [1.82, 2.24) is 9.97 Å². The smallest absolute Gasteiger partial charge is 0.0979 e. The number of thiophene rings is 1. The predicted molar refractivity (Wildman–Crippen MR) is 85.1 cm³/mol. The van der Waals surface area contributed by atoms with Crippen molar-refractivity contribution in [2.75, 3.05) is 0 Å². The number of rotatable bonds is 1. The topological polar surface area (TPSA) is 25.8 Å². The highest BCUT2D eigenvalue weighted by atomic mass is 32.1. The van der Waals surface area contributed by atoms with Crippen molar-refractivity contribution in [3.05, 3.63) is 59.7 Å². The maximum absolute atomic E-state index is 4.54. The zero-order chi connectivity index (χ0) is 13.5. The third kappa shape index (κ3) is 1.63. The van der Waals surface area contributed by atoms with E-state index >= 15 is 0 Å². The molecule has 0 amide bonds. The van der Waals surface area contributed by atoms with E-state index in [1.165, 1.54) is 26.8 Å². The normalized spacial score (nSPS) is 11.2. The van der Waals surface area contributed by atoms with Gasteiger partial charge in [0.1, 0.15) is 0 Å². The highest BCUT2D eigenvalue weighted by Crippen LogP contribution is 2.38. The lowest BCUT2D eigenvalue weighted by Crippen LogP contribution is -1.85. The first-order valence-corrected chi connectivity index (χ1v) is 7.39. The molecule has 0 radical (unpaired) electrons. The SMILES string of the molecule is Cc1ccccc1-c1csc2cnc3cccnc3c12. The molecule has 0 saturated carbocycles. The Morgan fingerprint density at radius 3 is 2.75 bits per heavy atom. The molecule has 0 atom stereocenters. The van der Waals surface area contributed by atoms with E-state index in [9.17, 15) is 0 Å². The molecule has 0 aliphatic carbocycles. The van der Waals surface area contributed by atoms with Crippen molar-refractivity contribution in [2.45, 2.75) is 6.92 Å². The highest BCUT2D eigenvalue weighted by molar-refractivity contribution is 7.17. The summed E-state index contributed by atoms with van der Waals surface area (Å²) in [4.78, 5) is 9.03. The van der Waals surface area contributed by atoms with Crippen LogP contribution in [0.15, 0.2) is 54.2 Å². The fourth-order valence-corrected chi connectivity index (χ4v) is 3.53. The van der Waals surface area contributed by atoms with Crippen LogP contribution in [-0.2, 0) is 0 Å². The fourth-order valence-electron chi connectivity index (χ4n) is 2.61. The molecule has 0 spiro atoms. The summed E-state index contributed by atoms with van der Waals surface area (Å²) in [5.41, 5.74) is 5.76. The van der Waals surface area contributed by atoms with E-state index < -0.39 is 0 Å². The highest BCUT2D eigenvalue weighted by Gasteiger charge is 2.12. The average Bonchev–Trinajstić information content (AvgIpc) is 2.92. The van der Waals surface area contributed by atoms with Crippen LogP contribution in [-0.4, -0.2) is 9.97 Å². The Balaban J connectivity index is 2.16. The summed E-state index contributed by atoms with van der Waals surface area (Å²) in [6, 6.07) is 12.4. The molecule has 0 aliphatic heterocycles. The number of hydrogen-bond acceptors (Lipinski definition) is 3. The van der Waals surface area contributed by atoms with Gasteiger partial charge in [0.15, 0.2) is 0 Å². The lowest BCUT2D eigenvalue weighted by Gasteiger charge is -2.05. The largest absolute Gasteiger partial charge is 0.254 e. The van der Waals surface area contributed by atoms with Gasteiger partial charge >= 0.3 is 0 Å². The average molecular weight is 276 g/mol. The first kappa shape index (κ1) is 11.6. The van der Waals surface area contributed by atoms with Crippen molar-refractivity contribution in [2.24, 2.45) is 0 Å². The third-order valence-electron chi connectivity index (χ3n) is 3.60. The van der Waals surface area contributed by atoms with Crippen LogP contribution < -0.4 is 0 Å². The van der Waals surface area contributed by atoms with Gasteiger partial charge in [0.05, 0.1) is 15.7 Å². The van der Waals surface area contributed by atoms with Crippen LogP contribution in [0.25, 0.3) is 32.2 Å². The van der Waals surface area contributed by atoms with E-state index in [4.69, 9.17) is 0 Å². The Bertz CT molecular complexity index is 924. The van der Waals surface area contributed by atoms with Gasteiger partial charge in [-0.2, -0.15) is 0 Å². The van der Waals surface area contributed by atoms with Crippen LogP contribution in [0.5, 0.6) is 0 Å². The summed E-state index contributed by atoms with van der Waals surface area (Å²) in [5.74, 6) is 0. The van der Waals surface area contributed by atoms with E-state index in [-0.39, 0.29) is 0 Å². The minimum Gasteiger partial charge on any atom is -0.254 e. The Morgan fingerprint density at radius 2 is 1.85 bits per heavy atom. The van der Waals surface area contributed by atoms with Crippen molar-refractivity contribution in [3.63, 3.8) is 0 Å². The Kier molecular flexibility index (Phi) is 2.54. The number of pyridine rings is 2. The Morgan fingerprint density at radius 1 is 0.950 bits per heavy atom. The van der Waals surface area contributed by atoms with E-state index in [2.05, 4.69) is 46.5 Å². The summed E-state index contributed by atoms with van der Waals surface area (Å²) in [5, 5.41) is 3.43. The maximum atomic E-state index is 4.54. The first-order chi connectivity index (χ1) is 9.84. The van der Waals surface area contributed by atoms with Crippen molar-refractivity contribution in [1.29, 1.82) is 0 Å². The quantitative estimate of drug-likeness (QED) is 0.498. The third-order valence-corrected chi connectivity index (χ3v) is 4.52. The van der Waals surface area contributed by atoms with Gasteiger partial charge in [-0.05, 0) is 35.6 Å². The summed E-state index contributed by atoms with van der Waals surface area (Å²) >= 11 is 1.73. The molecule has 0 unspecified atom stereocenters. The van der Waals surface area contributed by atoms with Gasteiger partial charge in [0, 0.05) is 23.3 Å². The van der Waals surface area contributed by atoms with Crippen molar-refractivity contribution in [3.8, 4) is 11.1 Å². The molecule has 2 nitrogen and oxygen atoms in total. The van der Waals surface area contributed by atoms with Gasteiger partial charge in [0.2, 0.25) is 0 Å². The summed E-state index contributed by atoms with van der Waals surface area (Å²) in [6.45, 7) is 2.15. The number of benzene rings is 1. The molecule has 4 aromatic rings. The van der Waals surface area contributed by atoms with E-state index in [1.807, 2.05) is 24.5 Å². The molecule has 4 rings (SSSR count). The van der Waals surface area contributed by atoms with Gasteiger partial charge in [-0.15, -0.1) is 11.3 Å². The molecule has 1 aromatic carbocycles. The molecule has 96 valence electrons. The van der Waals surface area contributed by atoms with Gasteiger partial charge < -0.3 is 0 Å². The standard InChI is InChI=1S/C17H12N2S/c1-11-5-2-3-6-12(11)13-10-20-15-9-19-14-7-4-8-18-17(14)16(13)15/h2-10H,1H3. The number of aryl methyl sites for hydroxylation is 1. The molecule has 0 fully saturated rings. The van der Waals surface area contributed by atoms with Crippen LogP contribution in [0.1, 0.15) is 5.56 Å². The van der Waals surface area contributed by atoms with E-state index in [1.54, 1.807) is 11.3 Å². The molecule has 3 heteroatoms. The maximum Gasteiger partial charge on any atom is 0.0979 e. The van der Waals surface area contributed by atoms with Gasteiger partial charge in [-0.25, -0.2) is 0 Å². The molecule has 0 bridgehead atoms. The van der Waals surface area contributed by atoms with Crippen LogP contribution in [0.2, 0.25) is 0 Å². The second kappa shape index (κ2) is 4.39. The minimum absolute atomic E-state index is 0.952. The zero-order valence-electron chi connectivity index (χ0n) is 11.0. The Hall–Kier alpha value is -2.26. The molecular weight excluding hydrogens is 264 g/mol. The van der Waals surface area contributed by atoms with Crippen LogP contribution >= 0.6 is 11.3 Å². The van der Waals surface area contributed by atoms with Crippen molar-refractivity contribution < 1.29 is 0 Å². The van der Waals surface area contributed by atoms with Crippen molar-refractivity contribution >= 4 is 32.5 Å². The number of hydrogen-bond donors (Lipinski definition) is 0. The molecule has 0 aliphatic rings. The summed E-state index contributed by atoms with van der Waals surface area (Å²) < 4.78 is 1.19. The molecule has 3 heterocycles.